The van der Waals surface area contributed by atoms with Gasteiger partial charge in [-0.25, -0.2) is 0 Å². The minimum absolute atomic E-state index is 0.0870. The van der Waals surface area contributed by atoms with Crippen molar-refractivity contribution < 1.29 is 38.2 Å². The Morgan fingerprint density at radius 1 is 0.921 bits per heavy atom. The fraction of sp³-hybridized carbons (Fsp3) is 0.786. The number of carbonyl (C=O) groups excluding carboxylic acids is 6. The summed E-state index contributed by atoms with van der Waals surface area (Å²) in [5.74, 6) is -3.43. The van der Waals surface area contributed by atoms with Crippen LogP contribution in [0.3, 0.4) is 0 Å². The van der Waals surface area contributed by atoms with E-state index in [1.807, 2.05) is 6.92 Å². The number of aldehydes is 2. The standard InChI is InChI=1S/C28H46N2O8/c1-6-37-23(33)15-20(11-10-14-32)24(34)30-21-16-27(3,4)18-28(5,17-21)19-29-25(35)22(12-8-9-13-31)26(36)38-7-2/h13-14,20-22H,6-12,15-19H2,1-5H3,(H,29,35)(H,30,34). The molecule has 10 nitrogen and oxygen atoms in total. The third-order valence-corrected chi connectivity index (χ3v) is 6.90. The lowest BCUT2D eigenvalue weighted by atomic mass is 9.62. The Kier molecular flexibility index (Phi) is 14.2. The highest BCUT2D eigenvalue weighted by atomic mass is 16.5. The largest absolute Gasteiger partial charge is 0.466 e. The quantitative estimate of drug-likeness (QED) is 0.124. The Bertz CT molecular complexity index is 828. The fourth-order valence-corrected chi connectivity index (χ4v) is 5.63. The van der Waals surface area contributed by atoms with Crippen molar-refractivity contribution >= 4 is 36.3 Å². The zero-order valence-electron chi connectivity index (χ0n) is 23.6. The number of nitrogens with one attached hydrogen (secondary N) is 2. The van der Waals surface area contributed by atoms with Crippen molar-refractivity contribution in [2.75, 3.05) is 19.8 Å². The molecule has 10 heteroatoms. The minimum atomic E-state index is -0.980. The molecular formula is C28H46N2O8. The number of amides is 2. The van der Waals surface area contributed by atoms with Gasteiger partial charge in [-0.15, -0.1) is 0 Å². The van der Waals surface area contributed by atoms with Crippen molar-refractivity contribution in [3.05, 3.63) is 0 Å². The maximum Gasteiger partial charge on any atom is 0.318 e. The van der Waals surface area contributed by atoms with E-state index in [4.69, 9.17) is 9.47 Å². The van der Waals surface area contributed by atoms with E-state index in [1.165, 1.54) is 0 Å². The molecule has 216 valence electrons. The summed E-state index contributed by atoms with van der Waals surface area (Å²) in [6.45, 7) is 10.3. The minimum Gasteiger partial charge on any atom is -0.466 e. The second kappa shape index (κ2) is 16.2. The molecule has 0 heterocycles. The molecule has 2 amide bonds. The predicted octanol–water partition coefficient (Wildman–Crippen LogP) is 2.90. The van der Waals surface area contributed by atoms with Crippen LogP contribution in [0.1, 0.15) is 92.4 Å². The molecule has 1 saturated carbocycles. The zero-order chi connectivity index (χ0) is 28.8. The van der Waals surface area contributed by atoms with Crippen LogP contribution in [0.2, 0.25) is 0 Å². The average molecular weight is 539 g/mol. The molecule has 0 aromatic carbocycles. The lowest BCUT2D eigenvalue weighted by molar-refractivity contribution is -0.153. The fourth-order valence-electron chi connectivity index (χ4n) is 5.63. The molecule has 1 rings (SSSR count). The van der Waals surface area contributed by atoms with Crippen LogP contribution < -0.4 is 10.6 Å². The van der Waals surface area contributed by atoms with E-state index >= 15 is 0 Å². The van der Waals surface area contributed by atoms with Crippen molar-refractivity contribution in [1.82, 2.24) is 10.6 Å². The number of hydrogen-bond donors (Lipinski definition) is 2. The van der Waals surface area contributed by atoms with Crippen molar-refractivity contribution in [1.29, 1.82) is 0 Å². The van der Waals surface area contributed by atoms with Gasteiger partial charge in [0.05, 0.1) is 19.6 Å². The first kappa shape index (κ1) is 33.2. The topological polar surface area (TPSA) is 145 Å². The molecule has 1 aliphatic rings. The number of rotatable bonds is 17. The van der Waals surface area contributed by atoms with Crippen LogP contribution >= 0.6 is 0 Å². The number of ether oxygens (including phenoxy) is 2. The SMILES string of the molecule is CCOC(=O)CC(CCC=O)C(=O)NC1CC(C)(C)CC(C)(CNC(=O)C(CCCC=O)C(=O)OCC)C1. The number of carbonyl (C=O) groups is 6. The summed E-state index contributed by atoms with van der Waals surface area (Å²) < 4.78 is 10.1. The summed E-state index contributed by atoms with van der Waals surface area (Å²) in [5, 5.41) is 6.00. The van der Waals surface area contributed by atoms with Gasteiger partial charge in [0, 0.05) is 31.3 Å². The molecule has 38 heavy (non-hydrogen) atoms. The van der Waals surface area contributed by atoms with Gasteiger partial charge in [-0.1, -0.05) is 20.8 Å². The van der Waals surface area contributed by atoms with Gasteiger partial charge >= 0.3 is 11.9 Å². The Morgan fingerprint density at radius 3 is 2.18 bits per heavy atom. The van der Waals surface area contributed by atoms with E-state index in [0.29, 0.717) is 19.4 Å². The first-order valence-electron chi connectivity index (χ1n) is 13.7. The molecule has 0 saturated heterocycles. The highest BCUT2D eigenvalue weighted by molar-refractivity contribution is 5.97. The average Bonchev–Trinajstić information content (AvgIpc) is 2.82. The maximum absolute atomic E-state index is 13.1. The summed E-state index contributed by atoms with van der Waals surface area (Å²) in [7, 11) is 0. The third kappa shape index (κ3) is 11.7. The molecule has 1 fully saturated rings. The van der Waals surface area contributed by atoms with Crippen LogP contribution in [0.15, 0.2) is 0 Å². The first-order chi connectivity index (χ1) is 17.9. The van der Waals surface area contributed by atoms with Crippen LogP contribution in [-0.4, -0.2) is 62.1 Å². The van der Waals surface area contributed by atoms with E-state index < -0.39 is 29.7 Å². The van der Waals surface area contributed by atoms with Gasteiger partial charge < -0.3 is 29.7 Å². The van der Waals surface area contributed by atoms with E-state index in [1.54, 1.807) is 13.8 Å². The van der Waals surface area contributed by atoms with E-state index in [9.17, 15) is 28.8 Å². The van der Waals surface area contributed by atoms with Crippen LogP contribution in [0.4, 0.5) is 0 Å². The third-order valence-electron chi connectivity index (χ3n) is 6.90. The van der Waals surface area contributed by atoms with Crippen LogP contribution in [0.25, 0.3) is 0 Å². The molecule has 0 aliphatic heterocycles. The van der Waals surface area contributed by atoms with Gasteiger partial charge in [0.15, 0.2) is 0 Å². The highest BCUT2D eigenvalue weighted by Crippen LogP contribution is 2.46. The monoisotopic (exact) mass is 538 g/mol. The molecule has 0 bridgehead atoms. The molecule has 0 aromatic rings. The second-order valence-electron chi connectivity index (χ2n) is 11.3. The summed E-state index contributed by atoms with van der Waals surface area (Å²) >= 11 is 0. The van der Waals surface area contributed by atoms with Gasteiger partial charge in [-0.2, -0.15) is 0 Å². The van der Waals surface area contributed by atoms with Gasteiger partial charge in [-0.05, 0) is 63.2 Å². The summed E-state index contributed by atoms with van der Waals surface area (Å²) in [6.07, 6.45) is 4.85. The van der Waals surface area contributed by atoms with E-state index in [2.05, 4.69) is 24.5 Å². The highest BCUT2D eigenvalue weighted by Gasteiger charge is 2.43. The zero-order valence-corrected chi connectivity index (χ0v) is 23.6. The number of esters is 2. The normalized spacial score (nSPS) is 21.9. The van der Waals surface area contributed by atoms with Crippen molar-refractivity contribution in [2.45, 2.75) is 98.4 Å². The van der Waals surface area contributed by atoms with Crippen LogP contribution in [0, 0.1) is 22.7 Å². The Morgan fingerprint density at radius 2 is 1.58 bits per heavy atom. The Hall–Kier alpha value is -2.78. The van der Waals surface area contributed by atoms with Crippen molar-refractivity contribution in [3.8, 4) is 0 Å². The molecule has 0 spiro atoms. The van der Waals surface area contributed by atoms with Gasteiger partial charge in [0.2, 0.25) is 11.8 Å². The van der Waals surface area contributed by atoms with Gasteiger partial charge in [0.25, 0.3) is 0 Å². The molecular weight excluding hydrogens is 492 g/mol. The summed E-state index contributed by atoms with van der Waals surface area (Å²) in [4.78, 5) is 72.1. The lowest BCUT2D eigenvalue weighted by Gasteiger charge is -2.47. The molecule has 0 radical (unpaired) electrons. The van der Waals surface area contributed by atoms with E-state index in [-0.39, 0.29) is 68.1 Å². The lowest BCUT2D eigenvalue weighted by Crippen LogP contribution is -2.52. The number of hydrogen-bond acceptors (Lipinski definition) is 8. The van der Waals surface area contributed by atoms with Crippen LogP contribution in [0.5, 0.6) is 0 Å². The second-order valence-corrected chi connectivity index (χ2v) is 11.3. The molecule has 1 aliphatic carbocycles. The molecule has 4 unspecified atom stereocenters. The summed E-state index contributed by atoms with van der Waals surface area (Å²) in [6, 6.07) is -0.192. The molecule has 2 N–H and O–H groups in total. The predicted molar refractivity (Wildman–Crippen MR) is 141 cm³/mol. The first-order valence-corrected chi connectivity index (χ1v) is 13.7. The Labute approximate surface area is 226 Å². The number of unbranched alkanes of at least 4 members (excludes halogenated alkanes) is 1. The van der Waals surface area contributed by atoms with Crippen molar-refractivity contribution in [3.63, 3.8) is 0 Å². The van der Waals surface area contributed by atoms with Crippen molar-refractivity contribution in [2.24, 2.45) is 22.7 Å². The van der Waals surface area contributed by atoms with E-state index in [0.717, 1.165) is 25.4 Å². The van der Waals surface area contributed by atoms with Gasteiger partial charge in [-0.3, -0.25) is 19.2 Å². The van der Waals surface area contributed by atoms with Gasteiger partial charge in [0.1, 0.15) is 18.5 Å². The Balaban J connectivity index is 2.91. The van der Waals surface area contributed by atoms with Crippen LogP contribution in [-0.2, 0) is 38.2 Å². The maximum atomic E-state index is 13.1. The smallest absolute Gasteiger partial charge is 0.318 e. The summed E-state index contributed by atoms with van der Waals surface area (Å²) in [5.41, 5.74) is -0.504. The molecule has 4 atom stereocenters. The molecule has 0 aromatic heterocycles.